The molecule has 1 aliphatic heterocycles. The molecule has 0 spiro atoms. The molecule has 0 aliphatic carbocycles. The van der Waals surface area contributed by atoms with Crippen LogP contribution in [0.2, 0.25) is 0 Å². The van der Waals surface area contributed by atoms with Gasteiger partial charge in [0.1, 0.15) is 18.8 Å². The van der Waals surface area contributed by atoms with E-state index in [2.05, 4.69) is 10.6 Å². The molecule has 3 rings (SSSR count). The third-order valence-corrected chi connectivity index (χ3v) is 4.74. The van der Waals surface area contributed by atoms with Crippen LogP contribution in [0.1, 0.15) is 20.7 Å². The van der Waals surface area contributed by atoms with Crippen molar-refractivity contribution < 1.29 is 24.0 Å². The summed E-state index contributed by atoms with van der Waals surface area (Å²) < 4.78 is 10.4. The highest BCUT2D eigenvalue weighted by molar-refractivity contribution is 6.09. The van der Waals surface area contributed by atoms with Gasteiger partial charge in [0, 0.05) is 5.56 Å². The van der Waals surface area contributed by atoms with E-state index in [1.54, 1.807) is 55.6 Å². The Morgan fingerprint density at radius 3 is 2.46 bits per heavy atom. The molecule has 1 saturated heterocycles. The van der Waals surface area contributed by atoms with Crippen LogP contribution < -0.4 is 20.3 Å². The van der Waals surface area contributed by atoms with Gasteiger partial charge in [0.15, 0.2) is 0 Å². The third kappa shape index (κ3) is 5.31. The minimum Gasteiger partial charge on any atom is -0.497 e. The highest BCUT2D eigenvalue weighted by Gasteiger charge is 2.16. The van der Waals surface area contributed by atoms with Gasteiger partial charge in [0.2, 0.25) is 0 Å². The number of ether oxygens (including phenoxy) is 2. The standard InChI is InChI=1S/C21H25N3O4/c1-27-17-8-6-16(7-9-17)20(25)23-19-5-3-2-4-18(19)21(26)22-10-11-24-12-14-28-15-13-24/h2-9H,10-15H2,1H3,(H,22,26)(H,23,25)/p+1. The first-order valence-electron chi connectivity index (χ1n) is 9.41. The molecule has 2 aromatic rings. The van der Waals surface area contributed by atoms with Crippen molar-refractivity contribution in [2.75, 3.05) is 51.8 Å². The second kappa shape index (κ2) is 9.87. The van der Waals surface area contributed by atoms with E-state index in [9.17, 15) is 9.59 Å². The van der Waals surface area contributed by atoms with Crippen LogP contribution in [0.15, 0.2) is 48.5 Å². The van der Waals surface area contributed by atoms with Crippen LogP contribution in [0, 0.1) is 0 Å². The van der Waals surface area contributed by atoms with Crippen molar-refractivity contribution >= 4 is 17.5 Å². The molecule has 0 unspecified atom stereocenters. The van der Waals surface area contributed by atoms with Gasteiger partial charge >= 0.3 is 0 Å². The number of quaternary nitrogens is 1. The summed E-state index contributed by atoms with van der Waals surface area (Å²) in [5.74, 6) is 0.206. The lowest BCUT2D eigenvalue weighted by atomic mass is 10.1. The van der Waals surface area contributed by atoms with Crippen molar-refractivity contribution in [3.05, 3.63) is 59.7 Å². The van der Waals surface area contributed by atoms with Crippen molar-refractivity contribution in [2.24, 2.45) is 0 Å². The highest BCUT2D eigenvalue weighted by Crippen LogP contribution is 2.17. The first-order valence-corrected chi connectivity index (χ1v) is 9.41. The normalized spacial score (nSPS) is 14.3. The molecule has 0 aromatic heterocycles. The van der Waals surface area contributed by atoms with Crippen molar-refractivity contribution in [3.8, 4) is 5.75 Å². The highest BCUT2D eigenvalue weighted by atomic mass is 16.5. The molecule has 1 heterocycles. The molecule has 2 amide bonds. The second-order valence-electron chi connectivity index (χ2n) is 6.60. The molecule has 3 N–H and O–H groups in total. The zero-order valence-electron chi connectivity index (χ0n) is 16.0. The van der Waals surface area contributed by atoms with Gasteiger partial charge in [-0.25, -0.2) is 0 Å². The molecule has 0 bridgehead atoms. The molecule has 0 saturated carbocycles. The SMILES string of the molecule is COc1ccc(C(=O)Nc2ccccc2C(=O)NCC[NH+]2CCOCC2)cc1. The first-order chi connectivity index (χ1) is 13.7. The molecule has 28 heavy (non-hydrogen) atoms. The van der Waals surface area contributed by atoms with Gasteiger partial charge in [-0.15, -0.1) is 0 Å². The largest absolute Gasteiger partial charge is 0.497 e. The van der Waals surface area contributed by atoms with Crippen LogP contribution >= 0.6 is 0 Å². The quantitative estimate of drug-likeness (QED) is 0.653. The van der Waals surface area contributed by atoms with Crippen molar-refractivity contribution in [3.63, 3.8) is 0 Å². The second-order valence-corrected chi connectivity index (χ2v) is 6.60. The minimum absolute atomic E-state index is 0.196. The predicted octanol–water partition coefficient (Wildman–Crippen LogP) is 0.592. The lowest BCUT2D eigenvalue weighted by Gasteiger charge is -2.23. The summed E-state index contributed by atoms with van der Waals surface area (Å²) >= 11 is 0. The predicted molar refractivity (Wildman–Crippen MR) is 106 cm³/mol. The van der Waals surface area contributed by atoms with Crippen LogP contribution in [0.5, 0.6) is 5.75 Å². The van der Waals surface area contributed by atoms with Crippen LogP contribution in [-0.2, 0) is 4.74 Å². The van der Waals surface area contributed by atoms with E-state index in [0.717, 1.165) is 32.8 Å². The maximum Gasteiger partial charge on any atom is 0.255 e. The number of rotatable bonds is 7. The summed E-state index contributed by atoms with van der Waals surface area (Å²) in [5.41, 5.74) is 1.42. The molecular weight excluding hydrogens is 358 g/mol. The van der Waals surface area contributed by atoms with E-state index in [0.29, 0.717) is 29.1 Å². The van der Waals surface area contributed by atoms with Crippen molar-refractivity contribution in [1.82, 2.24) is 5.32 Å². The minimum atomic E-state index is -0.277. The topological polar surface area (TPSA) is 81.1 Å². The summed E-state index contributed by atoms with van der Waals surface area (Å²) in [6.45, 7) is 4.90. The van der Waals surface area contributed by atoms with Crippen LogP contribution in [0.4, 0.5) is 5.69 Å². The summed E-state index contributed by atoms with van der Waals surface area (Å²) in [7, 11) is 1.57. The average Bonchev–Trinajstić information content (AvgIpc) is 2.75. The Morgan fingerprint density at radius 2 is 1.75 bits per heavy atom. The molecule has 1 fully saturated rings. The first kappa shape index (κ1) is 19.9. The van der Waals surface area contributed by atoms with Gasteiger partial charge in [-0.05, 0) is 36.4 Å². The number of carbonyl (C=O) groups is 2. The summed E-state index contributed by atoms with van der Waals surface area (Å²) in [6, 6.07) is 13.8. The number of nitrogens with one attached hydrogen (secondary N) is 3. The summed E-state index contributed by atoms with van der Waals surface area (Å²) in [4.78, 5) is 26.5. The van der Waals surface area contributed by atoms with Gasteiger partial charge in [-0.2, -0.15) is 0 Å². The van der Waals surface area contributed by atoms with E-state index in [1.807, 2.05) is 0 Å². The monoisotopic (exact) mass is 384 g/mol. The Labute approximate surface area is 164 Å². The van der Waals surface area contributed by atoms with Crippen molar-refractivity contribution in [2.45, 2.75) is 0 Å². The number of anilines is 1. The number of amides is 2. The van der Waals surface area contributed by atoms with Gasteiger partial charge in [-0.3, -0.25) is 9.59 Å². The molecule has 0 atom stereocenters. The Balaban J connectivity index is 1.59. The molecule has 1 aliphatic rings. The average molecular weight is 384 g/mol. The molecule has 7 heteroatoms. The number of methoxy groups -OCH3 is 1. The third-order valence-electron chi connectivity index (χ3n) is 4.74. The molecule has 2 aromatic carbocycles. The van der Waals surface area contributed by atoms with E-state index < -0.39 is 0 Å². The number of hydrogen-bond acceptors (Lipinski definition) is 4. The van der Waals surface area contributed by atoms with Gasteiger partial charge in [-0.1, -0.05) is 12.1 Å². The van der Waals surface area contributed by atoms with E-state index in [1.165, 1.54) is 4.90 Å². The number of morpholine rings is 1. The smallest absolute Gasteiger partial charge is 0.255 e. The number of benzene rings is 2. The molecule has 0 radical (unpaired) electrons. The Kier molecular flexibility index (Phi) is 7.00. The Bertz CT molecular complexity index is 802. The fourth-order valence-electron chi connectivity index (χ4n) is 3.09. The zero-order chi connectivity index (χ0) is 19.8. The molecular formula is C21H26N3O4+. The van der Waals surface area contributed by atoms with Crippen LogP contribution in [0.25, 0.3) is 0 Å². The lowest BCUT2D eigenvalue weighted by Crippen LogP contribution is -3.14. The van der Waals surface area contributed by atoms with Crippen molar-refractivity contribution in [1.29, 1.82) is 0 Å². The number of para-hydroxylation sites is 1. The van der Waals surface area contributed by atoms with E-state index >= 15 is 0 Å². The van der Waals surface area contributed by atoms with Crippen LogP contribution in [0.3, 0.4) is 0 Å². The van der Waals surface area contributed by atoms with Gasteiger partial charge < -0.3 is 25.0 Å². The number of carbonyl (C=O) groups excluding carboxylic acids is 2. The Morgan fingerprint density at radius 1 is 1.04 bits per heavy atom. The van der Waals surface area contributed by atoms with E-state index in [-0.39, 0.29) is 11.8 Å². The maximum absolute atomic E-state index is 12.6. The maximum atomic E-state index is 12.6. The zero-order valence-corrected chi connectivity index (χ0v) is 16.0. The fourth-order valence-corrected chi connectivity index (χ4v) is 3.09. The molecule has 148 valence electrons. The number of hydrogen-bond donors (Lipinski definition) is 3. The van der Waals surface area contributed by atoms with Gasteiger partial charge in [0.25, 0.3) is 11.8 Å². The summed E-state index contributed by atoms with van der Waals surface area (Å²) in [5, 5.41) is 5.77. The van der Waals surface area contributed by atoms with Crippen LogP contribution in [-0.4, -0.2) is 58.3 Å². The Hall–Kier alpha value is -2.90. The lowest BCUT2D eigenvalue weighted by molar-refractivity contribution is -0.906. The summed E-state index contributed by atoms with van der Waals surface area (Å²) in [6.07, 6.45) is 0. The van der Waals surface area contributed by atoms with Gasteiger partial charge in [0.05, 0.1) is 44.7 Å². The fraction of sp³-hybridized carbons (Fsp3) is 0.333. The van der Waals surface area contributed by atoms with E-state index in [4.69, 9.17) is 9.47 Å². The molecule has 7 nitrogen and oxygen atoms in total.